The van der Waals surface area contributed by atoms with Crippen LogP contribution in [0.5, 0.6) is 17.2 Å². The van der Waals surface area contributed by atoms with E-state index in [2.05, 4.69) is 39.8 Å². The average molecular weight is 512 g/mol. The number of anilines is 2. The topological polar surface area (TPSA) is 99.5 Å². The van der Waals surface area contributed by atoms with Crippen molar-refractivity contribution in [2.24, 2.45) is 0 Å². The number of nitrogens with one attached hydrogen (secondary N) is 2. The average Bonchev–Trinajstić information content (AvgIpc) is 3.40. The second-order valence-electron chi connectivity index (χ2n) is 8.90. The summed E-state index contributed by atoms with van der Waals surface area (Å²) in [6.07, 6.45) is 1.47. The van der Waals surface area contributed by atoms with Crippen LogP contribution in [0.25, 0.3) is 0 Å². The number of aromatic nitrogens is 3. The minimum atomic E-state index is -0.497. The third kappa shape index (κ3) is 4.90. The summed E-state index contributed by atoms with van der Waals surface area (Å²) in [5, 5.41) is 10.6. The zero-order valence-corrected chi connectivity index (χ0v) is 21.7. The second kappa shape index (κ2) is 10.7. The van der Waals surface area contributed by atoms with Crippen molar-refractivity contribution in [1.82, 2.24) is 14.8 Å². The quantitative estimate of drug-likeness (QED) is 0.339. The number of hydrogen-bond acceptors (Lipinski definition) is 7. The molecule has 0 bridgehead atoms. The summed E-state index contributed by atoms with van der Waals surface area (Å²) in [7, 11) is 3.12. The molecule has 1 atom stereocenters. The van der Waals surface area contributed by atoms with E-state index in [1.165, 1.54) is 11.9 Å². The van der Waals surface area contributed by atoms with E-state index < -0.39 is 6.04 Å². The van der Waals surface area contributed by atoms with Gasteiger partial charge in [-0.15, -0.1) is 0 Å². The minimum Gasteiger partial charge on any atom is -0.497 e. The Balaban J connectivity index is 1.42. The van der Waals surface area contributed by atoms with Crippen LogP contribution < -0.4 is 24.8 Å². The first-order valence-corrected chi connectivity index (χ1v) is 12.2. The van der Waals surface area contributed by atoms with Gasteiger partial charge in [-0.25, -0.2) is 4.68 Å². The smallest absolute Gasteiger partial charge is 0.255 e. The van der Waals surface area contributed by atoms with Crippen LogP contribution in [0.4, 0.5) is 11.6 Å². The molecule has 0 fully saturated rings. The van der Waals surface area contributed by atoms with Crippen LogP contribution in [0.2, 0.25) is 0 Å². The maximum Gasteiger partial charge on any atom is 0.255 e. The fraction of sp³-hybridized carbons (Fsp3) is 0.207. The van der Waals surface area contributed by atoms with Gasteiger partial charge in [0, 0.05) is 11.8 Å². The number of benzene rings is 3. The van der Waals surface area contributed by atoms with Gasteiger partial charge in [0.05, 0.1) is 25.5 Å². The minimum absolute atomic E-state index is 0.288. The van der Waals surface area contributed by atoms with Crippen molar-refractivity contribution in [3.63, 3.8) is 0 Å². The molecule has 4 aromatic rings. The van der Waals surface area contributed by atoms with E-state index in [-0.39, 0.29) is 5.91 Å². The molecule has 2 heterocycles. The Morgan fingerprint density at radius 2 is 1.76 bits per heavy atom. The van der Waals surface area contributed by atoms with Crippen molar-refractivity contribution in [3.8, 4) is 17.2 Å². The normalized spacial score (nSPS) is 14.4. The third-order valence-electron chi connectivity index (χ3n) is 6.55. The van der Waals surface area contributed by atoms with E-state index in [1.54, 1.807) is 37.1 Å². The van der Waals surface area contributed by atoms with Crippen LogP contribution in [0.15, 0.2) is 84.3 Å². The van der Waals surface area contributed by atoms with Crippen LogP contribution in [-0.2, 0) is 11.4 Å². The summed E-state index contributed by atoms with van der Waals surface area (Å²) in [6.45, 7) is 4.39. The molecule has 0 spiro atoms. The molecule has 1 amide bonds. The molecule has 1 unspecified atom stereocenters. The van der Waals surface area contributed by atoms with E-state index >= 15 is 0 Å². The summed E-state index contributed by atoms with van der Waals surface area (Å²) in [4.78, 5) is 18.0. The number of carbonyl (C=O) groups is 1. The molecular weight excluding hydrogens is 482 g/mol. The second-order valence-corrected chi connectivity index (χ2v) is 8.90. The van der Waals surface area contributed by atoms with Gasteiger partial charge in [-0.3, -0.25) is 4.79 Å². The van der Waals surface area contributed by atoms with Crippen molar-refractivity contribution in [3.05, 3.63) is 101 Å². The highest BCUT2D eigenvalue weighted by Crippen LogP contribution is 2.37. The summed E-state index contributed by atoms with van der Waals surface area (Å²) >= 11 is 0. The van der Waals surface area contributed by atoms with Gasteiger partial charge >= 0.3 is 0 Å². The maximum absolute atomic E-state index is 13.7. The molecule has 0 aliphatic carbocycles. The van der Waals surface area contributed by atoms with Crippen LogP contribution in [-0.4, -0.2) is 34.9 Å². The van der Waals surface area contributed by atoms with Crippen molar-refractivity contribution >= 4 is 17.5 Å². The lowest BCUT2D eigenvalue weighted by molar-refractivity contribution is -0.113. The van der Waals surface area contributed by atoms with Crippen molar-refractivity contribution in [1.29, 1.82) is 0 Å². The molecule has 3 aromatic carbocycles. The molecule has 1 aliphatic heterocycles. The highest BCUT2D eigenvalue weighted by Gasteiger charge is 2.33. The highest BCUT2D eigenvalue weighted by molar-refractivity contribution is 6.06. The Morgan fingerprint density at radius 1 is 1.00 bits per heavy atom. The molecule has 9 heteroatoms. The van der Waals surface area contributed by atoms with Crippen molar-refractivity contribution in [2.75, 3.05) is 24.9 Å². The van der Waals surface area contributed by atoms with Crippen LogP contribution in [0, 0.1) is 6.92 Å². The fourth-order valence-electron chi connectivity index (χ4n) is 4.46. The van der Waals surface area contributed by atoms with E-state index in [0.717, 1.165) is 16.9 Å². The molecule has 5 rings (SSSR count). The lowest BCUT2D eigenvalue weighted by Gasteiger charge is -2.29. The molecule has 2 N–H and O–H groups in total. The molecule has 1 aliphatic rings. The SMILES string of the molecule is COc1ccc(NC(=O)C2=C(C)Nc3ncnn3C2c2ccc(OCc3ccccc3C)cc2)c(OC)c1. The van der Waals surface area contributed by atoms with Gasteiger partial charge in [-0.2, -0.15) is 10.1 Å². The summed E-state index contributed by atoms with van der Waals surface area (Å²) in [5.74, 6) is 2.13. The lowest BCUT2D eigenvalue weighted by atomic mass is 9.95. The first-order chi connectivity index (χ1) is 18.5. The molecule has 1 aromatic heterocycles. The van der Waals surface area contributed by atoms with Gasteiger partial charge in [0.1, 0.15) is 36.2 Å². The number of fused-ring (bicyclic) bond motifs is 1. The third-order valence-corrected chi connectivity index (χ3v) is 6.55. The van der Waals surface area contributed by atoms with E-state index in [0.29, 0.717) is 41.0 Å². The van der Waals surface area contributed by atoms with Crippen molar-refractivity contribution < 1.29 is 19.0 Å². The molecule has 38 heavy (non-hydrogen) atoms. The number of amides is 1. The fourth-order valence-corrected chi connectivity index (χ4v) is 4.46. The number of hydrogen-bond donors (Lipinski definition) is 2. The van der Waals surface area contributed by atoms with E-state index in [4.69, 9.17) is 14.2 Å². The number of allylic oxidation sites excluding steroid dienone is 1. The van der Waals surface area contributed by atoms with Gasteiger partial charge < -0.3 is 24.8 Å². The highest BCUT2D eigenvalue weighted by atomic mass is 16.5. The van der Waals surface area contributed by atoms with Gasteiger partial charge in [-0.05, 0) is 54.8 Å². The first-order valence-electron chi connectivity index (χ1n) is 12.2. The van der Waals surface area contributed by atoms with Gasteiger partial charge in [0.2, 0.25) is 5.95 Å². The van der Waals surface area contributed by atoms with Crippen LogP contribution >= 0.6 is 0 Å². The zero-order valence-electron chi connectivity index (χ0n) is 21.7. The molecule has 0 saturated heterocycles. The number of rotatable bonds is 8. The monoisotopic (exact) mass is 511 g/mol. The van der Waals surface area contributed by atoms with E-state index in [1.807, 2.05) is 43.3 Å². The van der Waals surface area contributed by atoms with Crippen LogP contribution in [0.1, 0.15) is 29.7 Å². The summed E-state index contributed by atoms with van der Waals surface area (Å²) in [6, 6.07) is 20.6. The predicted molar refractivity (Wildman–Crippen MR) is 145 cm³/mol. The Morgan fingerprint density at radius 3 is 2.50 bits per heavy atom. The molecule has 0 radical (unpaired) electrons. The molecule has 9 nitrogen and oxygen atoms in total. The Hall–Kier alpha value is -4.79. The summed E-state index contributed by atoms with van der Waals surface area (Å²) in [5.41, 5.74) is 4.90. The zero-order chi connectivity index (χ0) is 26.6. The maximum atomic E-state index is 13.7. The Labute approximate surface area is 221 Å². The number of nitrogens with zero attached hydrogens (tertiary/aromatic N) is 3. The number of aryl methyl sites for hydroxylation is 1. The number of ether oxygens (including phenoxy) is 3. The lowest BCUT2D eigenvalue weighted by Crippen LogP contribution is -2.31. The largest absolute Gasteiger partial charge is 0.497 e. The first kappa shape index (κ1) is 24.9. The number of methoxy groups -OCH3 is 2. The predicted octanol–water partition coefficient (Wildman–Crippen LogP) is 5.11. The molecule has 0 saturated carbocycles. The van der Waals surface area contributed by atoms with E-state index in [9.17, 15) is 4.79 Å². The Bertz CT molecular complexity index is 1490. The molecular formula is C29H29N5O4. The van der Waals surface area contributed by atoms with Crippen LogP contribution in [0.3, 0.4) is 0 Å². The standard InChI is InChI=1S/C29H29N5O4/c1-18-7-5-6-8-21(18)16-38-22-11-9-20(10-12-22)27-26(19(2)32-29-30-17-31-34(27)29)28(35)33-24-14-13-23(36-3)15-25(24)37-4/h5-15,17,27H,16H2,1-4H3,(H,33,35)(H,30,31,32). The van der Waals surface area contributed by atoms with Gasteiger partial charge in [-0.1, -0.05) is 36.4 Å². The van der Waals surface area contributed by atoms with Crippen molar-refractivity contribution in [2.45, 2.75) is 26.5 Å². The Kier molecular flexibility index (Phi) is 6.99. The van der Waals surface area contributed by atoms with Gasteiger partial charge in [0.25, 0.3) is 5.91 Å². The molecule has 194 valence electrons. The van der Waals surface area contributed by atoms with Gasteiger partial charge in [0.15, 0.2) is 0 Å². The summed E-state index contributed by atoms with van der Waals surface area (Å²) < 4.78 is 18.5. The number of carbonyl (C=O) groups excluding carboxylic acids is 1.